The van der Waals surface area contributed by atoms with Crippen LogP contribution in [0.1, 0.15) is 59.3 Å². The highest BCUT2D eigenvalue weighted by Crippen LogP contribution is 2.24. The Hall–Kier alpha value is -0.370. The summed E-state index contributed by atoms with van der Waals surface area (Å²) >= 11 is 0. The third kappa shape index (κ3) is 5.11. The van der Waals surface area contributed by atoms with Crippen LogP contribution in [-0.2, 0) is 4.79 Å². The second-order valence-electron chi connectivity index (χ2n) is 5.63. The molecular formula is C14H27NO. The number of nitrogens with zero attached hydrogens (tertiary/aromatic N) is 1. The highest BCUT2D eigenvalue weighted by atomic mass is 16.1. The van der Waals surface area contributed by atoms with E-state index in [1.807, 2.05) is 0 Å². The number of rotatable bonds is 7. The Morgan fingerprint density at radius 2 is 1.94 bits per heavy atom. The lowest BCUT2D eigenvalue weighted by atomic mass is 10.1. The minimum atomic E-state index is 0.330. The second-order valence-corrected chi connectivity index (χ2v) is 5.63. The summed E-state index contributed by atoms with van der Waals surface area (Å²) in [6.07, 6.45) is 7.32. The third-order valence-electron chi connectivity index (χ3n) is 3.41. The third-order valence-corrected chi connectivity index (χ3v) is 3.41. The van der Waals surface area contributed by atoms with Crippen LogP contribution in [0.4, 0.5) is 0 Å². The summed E-state index contributed by atoms with van der Waals surface area (Å²) in [5.41, 5.74) is 0. The van der Waals surface area contributed by atoms with Gasteiger partial charge >= 0.3 is 0 Å². The van der Waals surface area contributed by atoms with Gasteiger partial charge in [0, 0.05) is 19.0 Å². The van der Waals surface area contributed by atoms with E-state index in [2.05, 4.69) is 18.7 Å². The second kappa shape index (κ2) is 7.05. The van der Waals surface area contributed by atoms with Crippen LogP contribution in [0, 0.1) is 5.92 Å². The molecule has 0 saturated heterocycles. The molecule has 2 heteroatoms. The fraction of sp³-hybridized carbons (Fsp3) is 0.929. The Kier molecular flexibility index (Phi) is 6.04. The molecule has 0 aromatic rings. The van der Waals surface area contributed by atoms with Crippen molar-refractivity contribution in [3.8, 4) is 0 Å². The van der Waals surface area contributed by atoms with Crippen molar-refractivity contribution in [3.05, 3.63) is 0 Å². The van der Waals surface area contributed by atoms with Crippen LogP contribution in [0.25, 0.3) is 0 Å². The number of ketones is 1. The van der Waals surface area contributed by atoms with E-state index in [1.165, 1.54) is 32.2 Å². The average molecular weight is 225 g/mol. The van der Waals surface area contributed by atoms with Crippen molar-refractivity contribution < 1.29 is 4.79 Å². The van der Waals surface area contributed by atoms with E-state index in [0.29, 0.717) is 5.78 Å². The molecule has 1 saturated carbocycles. The van der Waals surface area contributed by atoms with Crippen LogP contribution in [0.3, 0.4) is 0 Å². The minimum Gasteiger partial charge on any atom is -0.300 e. The zero-order valence-electron chi connectivity index (χ0n) is 11.2. The maximum atomic E-state index is 11.0. The van der Waals surface area contributed by atoms with Gasteiger partial charge in [0.2, 0.25) is 0 Å². The van der Waals surface area contributed by atoms with Crippen molar-refractivity contribution in [2.24, 2.45) is 5.92 Å². The van der Waals surface area contributed by atoms with Crippen LogP contribution >= 0.6 is 0 Å². The van der Waals surface area contributed by atoms with Crippen LogP contribution in [0.15, 0.2) is 0 Å². The number of carbonyl (C=O) groups is 1. The molecule has 16 heavy (non-hydrogen) atoms. The van der Waals surface area contributed by atoms with E-state index in [-0.39, 0.29) is 0 Å². The van der Waals surface area contributed by atoms with Gasteiger partial charge in [-0.15, -0.1) is 0 Å². The van der Waals surface area contributed by atoms with Crippen molar-refractivity contribution >= 4 is 5.78 Å². The molecule has 0 radical (unpaired) electrons. The first kappa shape index (κ1) is 13.7. The molecule has 0 N–H and O–H groups in total. The van der Waals surface area contributed by atoms with Crippen molar-refractivity contribution in [2.75, 3.05) is 13.1 Å². The SMILES string of the molecule is CC(=O)CCCN(CC(C)C)C1CCCC1. The summed E-state index contributed by atoms with van der Waals surface area (Å²) in [6.45, 7) is 8.58. The number of hydrogen-bond acceptors (Lipinski definition) is 2. The molecule has 94 valence electrons. The number of hydrogen-bond donors (Lipinski definition) is 0. The molecule has 0 bridgehead atoms. The van der Waals surface area contributed by atoms with Gasteiger partial charge in [-0.1, -0.05) is 26.7 Å². The zero-order chi connectivity index (χ0) is 12.0. The van der Waals surface area contributed by atoms with Crippen LogP contribution in [-0.4, -0.2) is 29.8 Å². The highest BCUT2D eigenvalue weighted by Gasteiger charge is 2.22. The van der Waals surface area contributed by atoms with E-state index >= 15 is 0 Å². The van der Waals surface area contributed by atoms with Gasteiger partial charge < -0.3 is 9.69 Å². The lowest BCUT2D eigenvalue weighted by molar-refractivity contribution is -0.117. The lowest BCUT2D eigenvalue weighted by Gasteiger charge is -2.30. The van der Waals surface area contributed by atoms with E-state index in [1.54, 1.807) is 6.92 Å². The average Bonchev–Trinajstić information content (AvgIpc) is 2.67. The smallest absolute Gasteiger partial charge is 0.129 e. The van der Waals surface area contributed by atoms with Crippen molar-refractivity contribution in [1.82, 2.24) is 4.90 Å². The Morgan fingerprint density at radius 3 is 2.44 bits per heavy atom. The van der Waals surface area contributed by atoms with Gasteiger partial charge in [0.05, 0.1) is 0 Å². The first-order chi connectivity index (χ1) is 7.59. The molecule has 1 aliphatic rings. The number of carbonyl (C=O) groups excluding carboxylic acids is 1. The lowest BCUT2D eigenvalue weighted by Crippen LogP contribution is -2.37. The van der Waals surface area contributed by atoms with E-state index < -0.39 is 0 Å². The molecule has 0 atom stereocenters. The van der Waals surface area contributed by atoms with Crippen molar-refractivity contribution in [3.63, 3.8) is 0 Å². The molecule has 1 rings (SSSR count). The molecule has 0 spiro atoms. The van der Waals surface area contributed by atoms with E-state index in [9.17, 15) is 4.79 Å². The molecule has 0 unspecified atom stereocenters. The molecular weight excluding hydrogens is 198 g/mol. The van der Waals surface area contributed by atoms with Crippen LogP contribution in [0.5, 0.6) is 0 Å². The maximum absolute atomic E-state index is 11.0. The first-order valence-electron chi connectivity index (χ1n) is 6.83. The molecule has 0 amide bonds. The molecule has 0 aliphatic heterocycles. The quantitative estimate of drug-likeness (QED) is 0.663. The molecule has 1 fully saturated rings. The zero-order valence-corrected chi connectivity index (χ0v) is 11.2. The summed E-state index contributed by atoms with van der Waals surface area (Å²) in [5.74, 6) is 1.06. The largest absolute Gasteiger partial charge is 0.300 e. The van der Waals surface area contributed by atoms with E-state index in [0.717, 1.165) is 31.3 Å². The Balaban J connectivity index is 2.33. The number of Topliss-reactive ketones (excluding diaryl/α,β-unsaturated/α-hetero) is 1. The standard InChI is InChI=1S/C14H27NO/c1-12(2)11-15(10-6-7-13(3)16)14-8-4-5-9-14/h12,14H,4-11H2,1-3H3. The van der Waals surface area contributed by atoms with E-state index in [4.69, 9.17) is 0 Å². The van der Waals surface area contributed by atoms with Gasteiger partial charge in [-0.3, -0.25) is 0 Å². The molecule has 0 heterocycles. The molecule has 0 aromatic carbocycles. The van der Waals surface area contributed by atoms with Gasteiger partial charge in [0.25, 0.3) is 0 Å². The Morgan fingerprint density at radius 1 is 1.31 bits per heavy atom. The highest BCUT2D eigenvalue weighted by molar-refractivity contribution is 5.75. The van der Waals surface area contributed by atoms with Crippen molar-refractivity contribution in [1.29, 1.82) is 0 Å². The molecule has 2 nitrogen and oxygen atoms in total. The van der Waals surface area contributed by atoms with Crippen LogP contribution < -0.4 is 0 Å². The predicted octanol–water partition coefficient (Wildman–Crippen LogP) is 3.26. The van der Waals surface area contributed by atoms with Gasteiger partial charge in [0.1, 0.15) is 5.78 Å². The topological polar surface area (TPSA) is 20.3 Å². The summed E-state index contributed by atoms with van der Waals surface area (Å²) in [6, 6.07) is 0.800. The Bertz CT molecular complexity index is 207. The van der Waals surface area contributed by atoms with Gasteiger partial charge in [0.15, 0.2) is 0 Å². The summed E-state index contributed by atoms with van der Waals surface area (Å²) in [7, 11) is 0. The van der Waals surface area contributed by atoms with Gasteiger partial charge in [-0.25, -0.2) is 0 Å². The normalized spacial score (nSPS) is 17.6. The molecule has 1 aliphatic carbocycles. The summed E-state index contributed by atoms with van der Waals surface area (Å²) in [5, 5.41) is 0. The maximum Gasteiger partial charge on any atom is 0.129 e. The summed E-state index contributed by atoms with van der Waals surface area (Å²) < 4.78 is 0. The first-order valence-corrected chi connectivity index (χ1v) is 6.83. The van der Waals surface area contributed by atoms with Gasteiger partial charge in [-0.05, 0) is 38.6 Å². The summed E-state index contributed by atoms with van der Waals surface area (Å²) in [4.78, 5) is 13.6. The minimum absolute atomic E-state index is 0.330. The fourth-order valence-electron chi connectivity index (χ4n) is 2.69. The van der Waals surface area contributed by atoms with Crippen molar-refractivity contribution in [2.45, 2.75) is 65.3 Å². The van der Waals surface area contributed by atoms with Gasteiger partial charge in [-0.2, -0.15) is 0 Å². The fourth-order valence-corrected chi connectivity index (χ4v) is 2.69. The Labute approximate surface area is 100 Å². The monoisotopic (exact) mass is 225 g/mol. The molecule has 0 aromatic heterocycles. The predicted molar refractivity (Wildman–Crippen MR) is 68.6 cm³/mol. The van der Waals surface area contributed by atoms with Crippen LogP contribution in [0.2, 0.25) is 0 Å².